The van der Waals surface area contributed by atoms with Crippen LogP contribution < -0.4 is 20.9 Å². The van der Waals surface area contributed by atoms with Crippen LogP contribution in [0.2, 0.25) is 0 Å². The molecule has 2 heterocycles. The molecule has 21 heavy (non-hydrogen) atoms. The van der Waals surface area contributed by atoms with Gasteiger partial charge in [-0.25, -0.2) is 5.84 Å². The molecule has 3 N–H and O–H groups in total. The minimum Gasteiger partial charge on any atom is -0.464 e. The molecule has 3 rings (SSSR count). The Kier molecular flexibility index (Phi) is 4.38. The van der Waals surface area contributed by atoms with Crippen molar-refractivity contribution < 1.29 is 4.74 Å². The van der Waals surface area contributed by atoms with Crippen LogP contribution in [0.4, 0.5) is 11.9 Å². The van der Waals surface area contributed by atoms with Gasteiger partial charge < -0.3 is 9.64 Å². The zero-order valence-electron chi connectivity index (χ0n) is 12.6. The molecule has 7 nitrogen and oxygen atoms in total. The van der Waals surface area contributed by atoms with Crippen molar-refractivity contribution in [1.82, 2.24) is 15.0 Å². The van der Waals surface area contributed by atoms with E-state index in [0.717, 1.165) is 24.9 Å². The van der Waals surface area contributed by atoms with Gasteiger partial charge >= 0.3 is 6.01 Å². The van der Waals surface area contributed by atoms with E-state index in [1.807, 2.05) is 6.92 Å². The van der Waals surface area contributed by atoms with E-state index in [9.17, 15) is 0 Å². The number of piperidine rings is 1. The minimum atomic E-state index is 0.334. The molecule has 7 heteroatoms. The van der Waals surface area contributed by atoms with Gasteiger partial charge in [0.15, 0.2) is 0 Å². The summed E-state index contributed by atoms with van der Waals surface area (Å²) in [7, 11) is 0. The molecule has 2 aliphatic rings. The topological polar surface area (TPSA) is 89.2 Å². The largest absolute Gasteiger partial charge is 0.464 e. The molecule has 1 aliphatic heterocycles. The maximum atomic E-state index is 5.44. The Hall–Kier alpha value is -1.63. The Labute approximate surface area is 125 Å². The molecule has 1 saturated carbocycles. The lowest BCUT2D eigenvalue weighted by Crippen LogP contribution is -2.42. The van der Waals surface area contributed by atoms with E-state index in [1.54, 1.807) is 0 Å². The molecule has 2 fully saturated rings. The van der Waals surface area contributed by atoms with E-state index >= 15 is 0 Å². The van der Waals surface area contributed by atoms with Crippen molar-refractivity contribution in [2.45, 2.75) is 39.0 Å². The van der Waals surface area contributed by atoms with Crippen molar-refractivity contribution in [3.05, 3.63) is 0 Å². The molecule has 0 amide bonds. The smallest absolute Gasteiger partial charge is 0.323 e. The molecule has 1 saturated heterocycles. The number of nitrogens with two attached hydrogens (primary N) is 1. The van der Waals surface area contributed by atoms with Crippen molar-refractivity contribution in [2.24, 2.45) is 17.7 Å². The van der Waals surface area contributed by atoms with Crippen molar-refractivity contribution in [3.63, 3.8) is 0 Å². The third-order valence-electron chi connectivity index (χ3n) is 4.58. The molecule has 1 aliphatic carbocycles. The van der Waals surface area contributed by atoms with Gasteiger partial charge in [-0.2, -0.15) is 15.0 Å². The number of nitrogens with one attached hydrogen (secondary N) is 1. The number of hydrogen-bond acceptors (Lipinski definition) is 7. The lowest BCUT2D eigenvalue weighted by atomic mass is 9.75. The lowest BCUT2D eigenvalue weighted by molar-refractivity contribution is 0.201. The van der Waals surface area contributed by atoms with E-state index in [0.29, 0.717) is 24.5 Å². The van der Waals surface area contributed by atoms with Gasteiger partial charge in [0.2, 0.25) is 11.9 Å². The standard InChI is InChI=1S/C14H24N6O/c1-2-21-14-17-12(19-15)16-13(18-14)20-8-7-10-5-3-4-6-11(10)9-20/h10-11H,2-9,15H2,1H3,(H,16,17,18,19). The fourth-order valence-corrected chi connectivity index (χ4v) is 3.53. The third kappa shape index (κ3) is 3.18. The number of hydrogen-bond donors (Lipinski definition) is 2. The molecule has 0 radical (unpaired) electrons. The summed E-state index contributed by atoms with van der Waals surface area (Å²) in [5.74, 6) is 8.13. The second-order valence-electron chi connectivity index (χ2n) is 5.86. The fraction of sp³-hybridized carbons (Fsp3) is 0.786. The molecule has 0 bridgehead atoms. The van der Waals surface area contributed by atoms with Gasteiger partial charge in [0.05, 0.1) is 6.61 Å². The summed E-state index contributed by atoms with van der Waals surface area (Å²) in [6, 6.07) is 0.334. The predicted molar refractivity (Wildman–Crippen MR) is 81.1 cm³/mol. The van der Waals surface area contributed by atoms with Crippen molar-refractivity contribution in [1.29, 1.82) is 0 Å². The summed E-state index contributed by atoms with van der Waals surface area (Å²) >= 11 is 0. The molecule has 0 spiro atoms. The van der Waals surface area contributed by atoms with Gasteiger partial charge in [-0.05, 0) is 31.6 Å². The van der Waals surface area contributed by atoms with Crippen LogP contribution in [0.3, 0.4) is 0 Å². The SMILES string of the molecule is CCOc1nc(NN)nc(N2CCC3CCCCC3C2)n1. The van der Waals surface area contributed by atoms with E-state index in [-0.39, 0.29) is 0 Å². The minimum absolute atomic E-state index is 0.334. The molecule has 116 valence electrons. The first-order valence-electron chi connectivity index (χ1n) is 7.90. The molecule has 1 aromatic heterocycles. The summed E-state index contributed by atoms with van der Waals surface area (Å²) in [5.41, 5.74) is 2.49. The molecule has 0 aromatic carbocycles. The first-order valence-corrected chi connectivity index (χ1v) is 7.90. The summed E-state index contributed by atoms with van der Waals surface area (Å²) in [5, 5.41) is 0. The Morgan fingerprint density at radius 3 is 2.76 bits per heavy atom. The molecule has 2 atom stereocenters. The van der Waals surface area contributed by atoms with Gasteiger partial charge in [-0.1, -0.05) is 19.3 Å². The number of nitrogens with zero attached hydrogens (tertiary/aromatic N) is 4. The second kappa shape index (κ2) is 6.43. The van der Waals surface area contributed by atoms with E-state index in [2.05, 4.69) is 25.3 Å². The van der Waals surface area contributed by atoms with Crippen molar-refractivity contribution in [3.8, 4) is 6.01 Å². The predicted octanol–water partition coefficient (Wildman–Crippen LogP) is 1.57. The number of nitrogen functional groups attached to an aromatic ring is 1. The highest BCUT2D eigenvalue weighted by molar-refractivity contribution is 5.38. The summed E-state index contributed by atoms with van der Waals surface area (Å²) in [6.45, 7) is 4.47. The van der Waals surface area contributed by atoms with Gasteiger partial charge in [0.25, 0.3) is 0 Å². The average molecular weight is 292 g/mol. The average Bonchev–Trinajstić information content (AvgIpc) is 2.54. The highest BCUT2D eigenvalue weighted by atomic mass is 16.5. The van der Waals surface area contributed by atoms with Crippen LogP contribution in [0, 0.1) is 11.8 Å². The number of ether oxygens (including phenoxy) is 1. The quantitative estimate of drug-likeness (QED) is 0.643. The van der Waals surface area contributed by atoms with Gasteiger partial charge in [0.1, 0.15) is 0 Å². The molecular weight excluding hydrogens is 268 g/mol. The summed E-state index contributed by atoms with van der Waals surface area (Å²) in [4.78, 5) is 15.2. The van der Waals surface area contributed by atoms with Crippen LogP contribution in [0.25, 0.3) is 0 Å². The zero-order valence-corrected chi connectivity index (χ0v) is 12.6. The van der Waals surface area contributed by atoms with Crippen LogP contribution >= 0.6 is 0 Å². The zero-order chi connectivity index (χ0) is 14.7. The first-order chi connectivity index (χ1) is 10.3. The monoisotopic (exact) mass is 292 g/mol. The molecule has 1 aromatic rings. The highest BCUT2D eigenvalue weighted by Gasteiger charge is 2.32. The lowest BCUT2D eigenvalue weighted by Gasteiger charge is -2.41. The van der Waals surface area contributed by atoms with Crippen molar-refractivity contribution >= 4 is 11.9 Å². The van der Waals surface area contributed by atoms with Crippen LogP contribution in [0.15, 0.2) is 0 Å². The maximum absolute atomic E-state index is 5.44. The molecule has 2 unspecified atom stereocenters. The number of aromatic nitrogens is 3. The number of hydrazine groups is 1. The van der Waals surface area contributed by atoms with Crippen molar-refractivity contribution in [2.75, 3.05) is 30.0 Å². The van der Waals surface area contributed by atoms with E-state index in [4.69, 9.17) is 10.6 Å². The van der Waals surface area contributed by atoms with E-state index < -0.39 is 0 Å². The Morgan fingerprint density at radius 2 is 2.00 bits per heavy atom. The Bertz CT molecular complexity index is 483. The number of rotatable bonds is 4. The second-order valence-corrected chi connectivity index (χ2v) is 5.86. The third-order valence-corrected chi connectivity index (χ3v) is 4.58. The van der Waals surface area contributed by atoms with Crippen LogP contribution in [0.5, 0.6) is 6.01 Å². The highest BCUT2D eigenvalue weighted by Crippen LogP contribution is 2.37. The van der Waals surface area contributed by atoms with E-state index in [1.165, 1.54) is 32.1 Å². The van der Waals surface area contributed by atoms with Gasteiger partial charge in [-0.15, -0.1) is 0 Å². The fourth-order valence-electron chi connectivity index (χ4n) is 3.53. The Balaban J connectivity index is 1.77. The van der Waals surface area contributed by atoms with Crippen LogP contribution in [0.1, 0.15) is 39.0 Å². The maximum Gasteiger partial charge on any atom is 0.323 e. The first kappa shape index (κ1) is 14.3. The van der Waals surface area contributed by atoms with Gasteiger partial charge in [0, 0.05) is 13.1 Å². The summed E-state index contributed by atoms with van der Waals surface area (Å²) < 4.78 is 5.40. The number of anilines is 2. The van der Waals surface area contributed by atoms with Gasteiger partial charge in [-0.3, -0.25) is 5.43 Å². The number of fused-ring (bicyclic) bond motifs is 1. The Morgan fingerprint density at radius 1 is 1.19 bits per heavy atom. The summed E-state index contributed by atoms with van der Waals surface area (Å²) in [6.07, 6.45) is 6.68. The molecular formula is C14H24N6O. The normalized spacial score (nSPS) is 25.3. The van der Waals surface area contributed by atoms with Crippen LogP contribution in [-0.4, -0.2) is 34.6 Å². The van der Waals surface area contributed by atoms with Crippen LogP contribution in [-0.2, 0) is 0 Å².